The molecule has 0 bridgehead atoms. The summed E-state index contributed by atoms with van der Waals surface area (Å²) in [4.78, 5) is 9.89. The summed E-state index contributed by atoms with van der Waals surface area (Å²) >= 11 is 0. The quantitative estimate of drug-likeness (QED) is 0.101. The molecule has 3 aromatic heterocycles. The minimum Gasteiger partial charge on any atom is -0.501 e. The second-order valence-electron chi connectivity index (χ2n) is 21.5. The topological polar surface area (TPSA) is 43.9 Å². The Kier molecular flexibility index (Phi) is 13.4. The van der Waals surface area contributed by atoms with Crippen LogP contribution in [-0.2, 0) is 20.1 Å². The number of furan rings is 1. The molecular weight excluding hydrogens is 1080 g/mol. The van der Waals surface area contributed by atoms with Crippen LogP contribution in [0.25, 0.3) is 83.6 Å². The van der Waals surface area contributed by atoms with E-state index >= 15 is 0 Å². The maximum Gasteiger partial charge on any atom is 0.121 e. The molecule has 0 unspecified atom stereocenters. The molecule has 0 saturated heterocycles. The number of hydrogen-bond donors (Lipinski definition) is 0. The minimum absolute atomic E-state index is 0. The SMILES string of the molecule is CC(C)c1cc(-c2ccccc2)cc(C(C)C)c1-n1c(-c2[c-]ccc3c2oc2cc(-c4ccc([Si](C)(C)C)cc4)ccc23)nc2ccccc21.[2H]C([2H])([2H])c1c[c-]c(-c2cc(C([2H])(C)C)c([Si](C)(C)C)cn2)cc1.[Ir]. The van der Waals surface area contributed by atoms with Gasteiger partial charge in [-0.25, -0.2) is 0 Å². The number of hydrogen-bond acceptors (Lipinski definition) is 3. The van der Waals surface area contributed by atoms with E-state index in [1.807, 2.05) is 32.2 Å². The second-order valence-corrected chi connectivity index (χ2v) is 31.6. The van der Waals surface area contributed by atoms with Gasteiger partial charge in [0.25, 0.3) is 0 Å². The zero-order valence-electron chi connectivity index (χ0n) is 47.2. The standard InChI is InChI=1S/C46H43N2OSi.C18H24NSi.Ir/c1-29(2)39-26-34(31-14-9-8-10-15-31)27-40(30(3)4)44(39)48-42-19-12-11-18-41(42)47-46(48)38-17-13-16-37-36-25-22-33(28-43(36)49-45(37)38)32-20-23-35(24-21-32)50(5,6)7;1-13(2)16-11-17(15-9-7-14(3)8-10-15)19-12-18(16)20(4,5)6;/h8-16,18-30H,1-7H3;7-9,11-13H,1-6H3;/q2*-1;/i;3D3,13D;. The van der Waals surface area contributed by atoms with Gasteiger partial charge in [0.05, 0.1) is 38.6 Å². The van der Waals surface area contributed by atoms with Gasteiger partial charge in [-0.3, -0.25) is 4.98 Å². The van der Waals surface area contributed by atoms with Crippen molar-refractivity contribution in [1.29, 1.82) is 0 Å². The maximum absolute atomic E-state index is 8.48. The zero-order chi connectivity index (χ0) is 53.1. The second kappa shape index (κ2) is 20.6. The Labute approximate surface area is 443 Å². The van der Waals surface area contributed by atoms with Crippen molar-refractivity contribution in [2.45, 2.75) is 105 Å². The number of aryl methyl sites for hydroxylation is 1. The Bertz CT molecular complexity index is 3630. The van der Waals surface area contributed by atoms with Crippen molar-refractivity contribution >= 4 is 59.5 Å². The van der Waals surface area contributed by atoms with Crippen molar-refractivity contribution in [3.63, 3.8) is 0 Å². The normalized spacial score (nSPS) is 13.2. The van der Waals surface area contributed by atoms with Crippen molar-refractivity contribution in [3.05, 3.63) is 186 Å². The largest absolute Gasteiger partial charge is 0.501 e. The first-order valence-corrected chi connectivity index (χ1v) is 31.6. The maximum atomic E-state index is 8.48. The van der Waals surface area contributed by atoms with E-state index in [1.165, 1.54) is 49.9 Å². The number of imidazole rings is 1. The summed E-state index contributed by atoms with van der Waals surface area (Å²) in [5.41, 5.74) is 15.9. The molecule has 3 heterocycles. The Morgan fingerprint density at radius 2 is 1.30 bits per heavy atom. The summed E-state index contributed by atoms with van der Waals surface area (Å²) in [5, 5.41) is 4.81. The fraction of sp³-hybridized carbons (Fsp3) is 0.250. The minimum atomic E-state index is -2.13. The molecule has 1 radical (unpaired) electrons. The molecule has 0 aliphatic carbocycles. The van der Waals surface area contributed by atoms with E-state index in [9.17, 15) is 0 Å². The van der Waals surface area contributed by atoms with Gasteiger partial charge >= 0.3 is 0 Å². The molecule has 10 aromatic rings. The predicted octanol–water partition coefficient (Wildman–Crippen LogP) is 17.0. The summed E-state index contributed by atoms with van der Waals surface area (Å²) in [6, 6.07) is 57.2. The van der Waals surface area contributed by atoms with Crippen LogP contribution >= 0.6 is 0 Å². The number of benzene rings is 7. The molecule has 0 aliphatic heterocycles. The summed E-state index contributed by atoms with van der Waals surface area (Å²) < 4.78 is 40.0. The molecule has 0 N–H and O–H groups in total. The first-order chi connectivity index (χ1) is 34.9. The number of para-hydroxylation sites is 2. The Balaban J connectivity index is 0.000000252. The molecule has 71 heavy (non-hydrogen) atoms. The average molecular weight is 1150 g/mol. The summed E-state index contributed by atoms with van der Waals surface area (Å²) in [5.74, 6) is 0.689. The van der Waals surface area contributed by atoms with Gasteiger partial charge in [-0.15, -0.1) is 53.6 Å². The van der Waals surface area contributed by atoms with Crippen LogP contribution in [0.2, 0.25) is 39.3 Å². The molecule has 0 saturated carbocycles. The fourth-order valence-electron chi connectivity index (χ4n) is 9.48. The average Bonchev–Trinajstić information content (AvgIpc) is 3.94. The third-order valence-corrected chi connectivity index (χ3v) is 17.5. The number of aromatic nitrogens is 3. The van der Waals surface area contributed by atoms with Gasteiger partial charge in [0.15, 0.2) is 0 Å². The monoisotopic (exact) mass is 1150 g/mol. The molecule has 0 spiro atoms. The van der Waals surface area contributed by atoms with Crippen molar-refractivity contribution in [3.8, 4) is 50.6 Å². The Morgan fingerprint density at radius 1 is 0.634 bits per heavy atom. The molecule has 7 aromatic carbocycles. The van der Waals surface area contributed by atoms with E-state index < -0.39 is 28.9 Å². The van der Waals surface area contributed by atoms with Gasteiger partial charge < -0.3 is 14.0 Å². The third-order valence-electron chi connectivity index (χ3n) is 13.4. The number of rotatable bonds is 10. The van der Waals surface area contributed by atoms with E-state index in [0.29, 0.717) is 0 Å². The van der Waals surface area contributed by atoms with Crippen molar-refractivity contribution in [1.82, 2.24) is 14.5 Å². The number of nitrogens with zero attached hydrogens (tertiary/aromatic N) is 3. The van der Waals surface area contributed by atoms with Crippen LogP contribution < -0.4 is 10.4 Å². The van der Waals surface area contributed by atoms with Gasteiger partial charge in [-0.1, -0.05) is 194 Å². The smallest absolute Gasteiger partial charge is 0.121 e. The number of pyridine rings is 1. The van der Waals surface area contributed by atoms with E-state index in [0.717, 1.165) is 66.7 Å². The van der Waals surface area contributed by atoms with Crippen LogP contribution in [0.3, 0.4) is 0 Å². The van der Waals surface area contributed by atoms with Crippen LogP contribution in [-0.4, -0.2) is 30.7 Å². The predicted molar refractivity (Wildman–Crippen MR) is 305 cm³/mol. The number of fused-ring (bicyclic) bond motifs is 4. The van der Waals surface area contributed by atoms with Crippen LogP contribution in [0.1, 0.15) is 87.0 Å². The molecule has 10 rings (SSSR count). The van der Waals surface area contributed by atoms with E-state index in [-0.39, 0.29) is 37.5 Å². The van der Waals surface area contributed by atoms with Crippen LogP contribution in [0.5, 0.6) is 0 Å². The molecular formula is C64H67IrN3OSi2-2. The van der Waals surface area contributed by atoms with E-state index in [1.54, 1.807) is 12.1 Å². The molecule has 363 valence electrons. The first-order valence-electron chi connectivity index (χ1n) is 26.6. The van der Waals surface area contributed by atoms with Gasteiger partial charge in [-0.05, 0) is 92.3 Å². The van der Waals surface area contributed by atoms with Gasteiger partial charge in [0.1, 0.15) is 5.58 Å². The summed E-state index contributed by atoms with van der Waals surface area (Å²) in [7, 11) is -2.98. The first kappa shape index (κ1) is 46.1. The molecule has 4 nitrogen and oxygen atoms in total. The van der Waals surface area contributed by atoms with Gasteiger partial charge in [0, 0.05) is 42.9 Å². The third kappa shape index (κ3) is 10.5. The van der Waals surface area contributed by atoms with Crippen molar-refractivity contribution in [2.75, 3.05) is 0 Å². The Hall–Kier alpha value is -5.96. The Morgan fingerprint density at radius 3 is 1.92 bits per heavy atom. The zero-order valence-corrected chi connectivity index (χ0v) is 47.6. The van der Waals surface area contributed by atoms with E-state index in [2.05, 4.69) is 204 Å². The fourth-order valence-corrected chi connectivity index (χ4v) is 12.2. The van der Waals surface area contributed by atoms with Crippen LogP contribution in [0.4, 0.5) is 0 Å². The molecule has 0 atom stereocenters. The molecule has 7 heteroatoms. The summed E-state index contributed by atoms with van der Waals surface area (Å²) in [6.07, 6.45) is 1.89. The molecule has 0 fully saturated rings. The van der Waals surface area contributed by atoms with Crippen molar-refractivity contribution < 1.29 is 30.0 Å². The molecule has 0 aliphatic rings. The van der Waals surface area contributed by atoms with Crippen molar-refractivity contribution in [2.24, 2.45) is 0 Å². The van der Waals surface area contributed by atoms with Gasteiger partial charge in [-0.2, -0.15) is 0 Å². The van der Waals surface area contributed by atoms with Crippen LogP contribution in [0.15, 0.2) is 156 Å². The molecule has 0 amide bonds. The van der Waals surface area contributed by atoms with Gasteiger partial charge in [0.2, 0.25) is 0 Å². The summed E-state index contributed by atoms with van der Waals surface area (Å²) in [6.45, 7) is 24.7. The van der Waals surface area contributed by atoms with Crippen LogP contribution in [0, 0.1) is 19.0 Å². The van der Waals surface area contributed by atoms with E-state index in [4.69, 9.17) is 14.9 Å².